The molecule has 42 heavy (non-hydrogen) atoms. The number of hydrogen-bond acceptors (Lipinski definition) is 7. The average Bonchev–Trinajstić information content (AvgIpc) is 2.90. The van der Waals surface area contributed by atoms with Crippen LogP contribution in [0.2, 0.25) is 0 Å². The van der Waals surface area contributed by atoms with Gasteiger partial charge in [-0.15, -0.1) is 0 Å². The molecular formula is C30H49N5O7. The molecule has 0 unspecified atom stereocenters. The lowest BCUT2D eigenvalue weighted by molar-refractivity contribution is -0.130. The second-order valence-corrected chi connectivity index (χ2v) is 11.9. The molecule has 1 aromatic carbocycles. The lowest BCUT2D eigenvalue weighted by Crippen LogP contribution is -2.45. The highest BCUT2D eigenvalue weighted by molar-refractivity contribution is 5.91. The first-order valence-corrected chi connectivity index (χ1v) is 14.3. The largest absolute Gasteiger partial charge is 0.445 e. The Morgan fingerprint density at radius 2 is 1.45 bits per heavy atom. The zero-order valence-corrected chi connectivity index (χ0v) is 26.3. The minimum Gasteiger partial charge on any atom is -0.445 e. The van der Waals surface area contributed by atoms with Crippen LogP contribution in [0.15, 0.2) is 24.3 Å². The van der Waals surface area contributed by atoms with Crippen LogP contribution in [0, 0.1) is 11.8 Å². The summed E-state index contributed by atoms with van der Waals surface area (Å²) in [6, 6.07) is 5.78. The molecule has 0 aliphatic heterocycles. The van der Waals surface area contributed by atoms with Gasteiger partial charge in [0.25, 0.3) is 0 Å². The predicted octanol–water partition coefficient (Wildman–Crippen LogP) is 3.46. The number of Topliss-reactive ketones (excluding diaryl/α,β-unsaturated/α-hetero) is 1. The maximum atomic E-state index is 13.1. The Labute approximate surface area is 249 Å². The SMILES string of the molecule is CC(C)[C@@H](C)C(=O)N[C@@H](CCCNC(N)=O)C(=O)Cc1ccc(COC(=O)N(C)CCN(C)C(=O)OC(C)(C)C)cc1. The summed E-state index contributed by atoms with van der Waals surface area (Å²) in [4.78, 5) is 64.0. The Balaban J connectivity index is 2.65. The molecule has 236 valence electrons. The van der Waals surface area contributed by atoms with Crippen LogP contribution >= 0.6 is 0 Å². The van der Waals surface area contributed by atoms with Crippen molar-refractivity contribution >= 4 is 29.9 Å². The minimum absolute atomic E-state index is 0.0396. The van der Waals surface area contributed by atoms with Gasteiger partial charge in [-0.05, 0) is 50.7 Å². The maximum absolute atomic E-state index is 13.1. The summed E-state index contributed by atoms with van der Waals surface area (Å²) in [6.45, 7) is 12.0. The van der Waals surface area contributed by atoms with Crippen molar-refractivity contribution in [2.45, 2.75) is 79.1 Å². The minimum atomic E-state index is -0.695. The number of nitrogens with one attached hydrogen (secondary N) is 2. The molecule has 0 saturated heterocycles. The second-order valence-electron chi connectivity index (χ2n) is 11.9. The summed E-state index contributed by atoms with van der Waals surface area (Å²) in [7, 11) is 3.18. The van der Waals surface area contributed by atoms with Crippen LogP contribution in [0.5, 0.6) is 0 Å². The van der Waals surface area contributed by atoms with E-state index < -0.39 is 29.9 Å². The van der Waals surface area contributed by atoms with Crippen LogP contribution in [0.4, 0.5) is 14.4 Å². The number of hydrogen-bond donors (Lipinski definition) is 3. The number of nitrogens with zero attached hydrogens (tertiary/aromatic N) is 2. The van der Waals surface area contributed by atoms with Gasteiger partial charge in [0.05, 0.1) is 6.04 Å². The Kier molecular flexibility index (Phi) is 14.8. The first-order chi connectivity index (χ1) is 19.5. The van der Waals surface area contributed by atoms with E-state index in [0.717, 1.165) is 11.1 Å². The molecular weight excluding hydrogens is 542 g/mol. The topological polar surface area (TPSA) is 160 Å². The van der Waals surface area contributed by atoms with Crippen LogP contribution < -0.4 is 16.4 Å². The van der Waals surface area contributed by atoms with Gasteiger partial charge in [0, 0.05) is 46.1 Å². The monoisotopic (exact) mass is 591 g/mol. The van der Waals surface area contributed by atoms with Crippen molar-refractivity contribution in [2.24, 2.45) is 17.6 Å². The molecule has 12 heteroatoms. The van der Waals surface area contributed by atoms with Crippen LogP contribution in [0.3, 0.4) is 0 Å². The molecule has 0 heterocycles. The van der Waals surface area contributed by atoms with Gasteiger partial charge in [-0.1, -0.05) is 45.0 Å². The molecule has 1 aromatic rings. The van der Waals surface area contributed by atoms with E-state index in [4.69, 9.17) is 15.2 Å². The summed E-state index contributed by atoms with van der Waals surface area (Å²) >= 11 is 0. The third-order valence-electron chi connectivity index (χ3n) is 6.64. The summed E-state index contributed by atoms with van der Waals surface area (Å²) in [5.41, 5.74) is 6.00. The molecule has 0 saturated carbocycles. The van der Waals surface area contributed by atoms with E-state index in [1.54, 1.807) is 59.1 Å². The molecule has 4 N–H and O–H groups in total. The van der Waals surface area contributed by atoms with Crippen LogP contribution in [-0.4, -0.2) is 85.1 Å². The first kappa shape index (κ1) is 36.2. The normalized spacial score (nSPS) is 12.6. The van der Waals surface area contributed by atoms with E-state index >= 15 is 0 Å². The van der Waals surface area contributed by atoms with Gasteiger partial charge in [0.1, 0.15) is 12.2 Å². The fourth-order valence-corrected chi connectivity index (χ4v) is 3.59. The smallest absolute Gasteiger partial charge is 0.410 e. The number of primary amides is 1. The number of nitrogens with two attached hydrogens (primary N) is 1. The fourth-order valence-electron chi connectivity index (χ4n) is 3.59. The number of urea groups is 1. The number of benzene rings is 1. The molecule has 2 atom stereocenters. The summed E-state index contributed by atoms with van der Waals surface area (Å²) < 4.78 is 10.7. The number of ether oxygens (including phenoxy) is 2. The molecule has 0 spiro atoms. The molecule has 5 amide bonds. The number of amides is 5. The van der Waals surface area contributed by atoms with Gasteiger partial charge >= 0.3 is 18.2 Å². The van der Waals surface area contributed by atoms with Crippen molar-refractivity contribution in [3.05, 3.63) is 35.4 Å². The number of rotatable bonds is 15. The molecule has 0 bridgehead atoms. The molecule has 12 nitrogen and oxygen atoms in total. The number of carbonyl (C=O) groups is 5. The van der Waals surface area contributed by atoms with Gasteiger partial charge in [-0.3, -0.25) is 9.59 Å². The molecule has 0 aromatic heterocycles. The Hall–Kier alpha value is -3.83. The molecule has 0 radical (unpaired) electrons. The highest BCUT2D eigenvalue weighted by Crippen LogP contribution is 2.14. The van der Waals surface area contributed by atoms with Crippen molar-refractivity contribution in [2.75, 3.05) is 33.7 Å². The second kappa shape index (κ2) is 17.2. The van der Waals surface area contributed by atoms with E-state index in [0.29, 0.717) is 19.4 Å². The van der Waals surface area contributed by atoms with E-state index in [1.807, 2.05) is 20.8 Å². The van der Waals surface area contributed by atoms with Gasteiger partial charge in [-0.25, -0.2) is 14.4 Å². The predicted molar refractivity (Wildman–Crippen MR) is 160 cm³/mol. The Morgan fingerprint density at radius 3 is 1.98 bits per heavy atom. The van der Waals surface area contributed by atoms with Gasteiger partial charge in [-0.2, -0.15) is 0 Å². The third-order valence-corrected chi connectivity index (χ3v) is 6.64. The lowest BCUT2D eigenvalue weighted by atomic mass is 9.95. The standard InChI is InChI=1S/C30H49N5O7/c1-20(2)21(3)26(37)33-24(10-9-15-32-27(31)38)25(36)18-22-11-13-23(14-12-22)19-41-28(39)34(7)16-17-35(8)29(40)42-30(4,5)6/h11-14,20-21,24H,9-10,15-19H2,1-8H3,(H,33,37)(H3,31,32,38)/t21-,24+/m1/s1. The highest BCUT2D eigenvalue weighted by Gasteiger charge is 2.25. The summed E-state index contributed by atoms with van der Waals surface area (Å²) in [5.74, 6) is -0.464. The zero-order chi connectivity index (χ0) is 32.0. The van der Waals surface area contributed by atoms with Crippen molar-refractivity contribution in [1.82, 2.24) is 20.4 Å². The first-order valence-electron chi connectivity index (χ1n) is 14.3. The van der Waals surface area contributed by atoms with Crippen molar-refractivity contribution in [3.63, 3.8) is 0 Å². The third kappa shape index (κ3) is 14.2. The summed E-state index contributed by atoms with van der Waals surface area (Å²) in [5, 5.41) is 5.37. The highest BCUT2D eigenvalue weighted by atomic mass is 16.6. The van der Waals surface area contributed by atoms with Crippen molar-refractivity contribution < 1.29 is 33.4 Å². The Bertz CT molecular complexity index is 1050. The Morgan fingerprint density at radius 1 is 0.905 bits per heavy atom. The van der Waals surface area contributed by atoms with E-state index in [2.05, 4.69) is 10.6 Å². The molecule has 1 rings (SSSR count). The van der Waals surface area contributed by atoms with Crippen LogP contribution in [0.25, 0.3) is 0 Å². The van der Waals surface area contributed by atoms with Crippen LogP contribution in [0.1, 0.15) is 65.5 Å². The van der Waals surface area contributed by atoms with E-state index in [-0.39, 0.29) is 49.6 Å². The van der Waals surface area contributed by atoms with Crippen molar-refractivity contribution in [1.29, 1.82) is 0 Å². The zero-order valence-electron chi connectivity index (χ0n) is 26.3. The van der Waals surface area contributed by atoms with Gasteiger partial charge in [0.15, 0.2) is 5.78 Å². The molecule has 0 fully saturated rings. The van der Waals surface area contributed by atoms with Crippen LogP contribution in [-0.2, 0) is 32.1 Å². The summed E-state index contributed by atoms with van der Waals surface area (Å²) in [6.07, 6.45) is -0.0528. The number of carbonyl (C=O) groups excluding carboxylic acids is 5. The van der Waals surface area contributed by atoms with Gasteiger partial charge < -0.3 is 35.6 Å². The quantitative estimate of drug-likeness (QED) is 0.263. The van der Waals surface area contributed by atoms with E-state index in [1.165, 1.54) is 9.80 Å². The number of likely N-dealkylation sites (N-methyl/N-ethyl adjacent to an activating group) is 2. The molecule has 0 aliphatic rings. The lowest BCUT2D eigenvalue weighted by Gasteiger charge is -2.26. The number of ketones is 1. The van der Waals surface area contributed by atoms with Crippen molar-refractivity contribution in [3.8, 4) is 0 Å². The fraction of sp³-hybridized carbons (Fsp3) is 0.633. The average molecular weight is 592 g/mol. The van der Waals surface area contributed by atoms with E-state index in [9.17, 15) is 24.0 Å². The maximum Gasteiger partial charge on any atom is 0.410 e. The molecule has 0 aliphatic carbocycles. The van der Waals surface area contributed by atoms with Gasteiger partial charge in [0.2, 0.25) is 5.91 Å².